The van der Waals surface area contributed by atoms with Gasteiger partial charge in [0.25, 0.3) is 0 Å². The number of carbonyl (C=O) groups is 2. The number of carbonyl (C=O) groups excluding carboxylic acids is 2. The van der Waals surface area contributed by atoms with Crippen molar-refractivity contribution in [3.05, 3.63) is 34.9 Å². The Hall–Kier alpha value is -1.39. The number of rotatable bonds is 2. The van der Waals surface area contributed by atoms with Gasteiger partial charge in [-0.15, -0.1) is 0 Å². The predicted octanol–water partition coefficient (Wildman–Crippen LogP) is 0.969. The molecular weight excluding hydrogens is 240 g/mol. The van der Waals surface area contributed by atoms with Gasteiger partial charge in [0.15, 0.2) is 0 Å². The molecule has 0 saturated carbocycles. The largest absolute Gasteiger partial charge is 0.326 e. The Labute approximate surface area is 104 Å². The number of hydrogen-bond acceptors (Lipinski definition) is 3. The number of nitrogens with two attached hydrogens (primary N) is 1. The van der Waals surface area contributed by atoms with E-state index in [1.165, 1.54) is 4.90 Å². The SMILES string of the molecule is NC1CC(=O)N(C(=O)Cc2ccc(Cl)cc2)C1. The number of nitrogens with zero attached hydrogens (tertiary/aromatic N) is 1. The van der Waals surface area contributed by atoms with Crippen molar-refractivity contribution < 1.29 is 9.59 Å². The summed E-state index contributed by atoms with van der Waals surface area (Å²) in [6, 6.07) is 6.78. The normalized spacial score (nSPS) is 19.8. The Morgan fingerprint density at radius 2 is 2.06 bits per heavy atom. The summed E-state index contributed by atoms with van der Waals surface area (Å²) in [6.07, 6.45) is 0.460. The topological polar surface area (TPSA) is 63.4 Å². The first-order valence-electron chi connectivity index (χ1n) is 5.39. The molecule has 1 aromatic carbocycles. The van der Waals surface area contributed by atoms with Gasteiger partial charge >= 0.3 is 0 Å². The second-order valence-electron chi connectivity index (χ2n) is 4.17. The van der Waals surface area contributed by atoms with Crippen molar-refractivity contribution in [3.63, 3.8) is 0 Å². The van der Waals surface area contributed by atoms with Crippen LogP contribution in [0, 0.1) is 0 Å². The zero-order valence-electron chi connectivity index (χ0n) is 9.23. The van der Waals surface area contributed by atoms with Crippen molar-refractivity contribution in [2.45, 2.75) is 18.9 Å². The third kappa shape index (κ3) is 2.84. The zero-order chi connectivity index (χ0) is 12.4. The van der Waals surface area contributed by atoms with Crippen molar-refractivity contribution in [3.8, 4) is 0 Å². The highest BCUT2D eigenvalue weighted by atomic mass is 35.5. The summed E-state index contributed by atoms with van der Waals surface area (Å²) < 4.78 is 0. The Bertz CT molecular complexity index is 444. The summed E-state index contributed by atoms with van der Waals surface area (Å²) in [7, 11) is 0. The van der Waals surface area contributed by atoms with Gasteiger partial charge in [-0.1, -0.05) is 23.7 Å². The molecule has 1 atom stereocenters. The van der Waals surface area contributed by atoms with E-state index in [9.17, 15) is 9.59 Å². The van der Waals surface area contributed by atoms with Gasteiger partial charge in [-0.05, 0) is 17.7 Å². The third-order valence-corrected chi connectivity index (χ3v) is 2.98. The fourth-order valence-electron chi connectivity index (χ4n) is 1.85. The lowest BCUT2D eigenvalue weighted by Crippen LogP contribution is -2.35. The third-order valence-electron chi connectivity index (χ3n) is 2.72. The number of benzene rings is 1. The summed E-state index contributed by atoms with van der Waals surface area (Å²) in [5, 5.41) is 0.625. The summed E-state index contributed by atoms with van der Waals surface area (Å²) >= 11 is 5.75. The average Bonchev–Trinajstić information content (AvgIpc) is 2.61. The first kappa shape index (κ1) is 12.1. The van der Waals surface area contributed by atoms with Crippen molar-refractivity contribution in [2.24, 2.45) is 5.73 Å². The van der Waals surface area contributed by atoms with E-state index < -0.39 is 0 Å². The quantitative estimate of drug-likeness (QED) is 0.853. The molecule has 0 radical (unpaired) electrons. The monoisotopic (exact) mass is 252 g/mol. The van der Waals surface area contributed by atoms with Gasteiger partial charge in [-0.3, -0.25) is 14.5 Å². The van der Waals surface area contributed by atoms with Gasteiger partial charge in [0.1, 0.15) is 0 Å². The highest BCUT2D eigenvalue weighted by molar-refractivity contribution is 6.30. The fourth-order valence-corrected chi connectivity index (χ4v) is 1.97. The van der Waals surface area contributed by atoms with E-state index >= 15 is 0 Å². The molecule has 2 amide bonds. The lowest BCUT2D eigenvalue weighted by atomic mass is 10.1. The summed E-state index contributed by atoms with van der Waals surface area (Å²) in [5.74, 6) is -0.387. The number of amides is 2. The van der Waals surface area contributed by atoms with Crippen molar-refractivity contribution in [1.29, 1.82) is 0 Å². The molecule has 0 aliphatic carbocycles. The minimum absolute atomic E-state index is 0.184. The molecule has 1 heterocycles. The fraction of sp³-hybridized carbons (Fsp3) is 0.333. The van der Waals surface area contributed by atoms with E-state index in [1.807, 2.05) is 0 Å². The van der Waals surface area contributed by atoms with Gasteiger partial charge in [0.05, 0.1) is 6.42 Å². The van der Waals surface area contributed by atoms with E-state index in [0.29, 0.717) is 11.6 Å². The van der Waals surface area contributed by atoms with Gasteiger partial charge in [0, 0.05) is 24.0 Å². The van der Waals surface area contributed by atoms with E-state index in [1.54, 1.807) is 24.3 Å². The van der Waals surface area contributed by atoms with Crippen LogP contribution in [0.15, 0.2) is 24.3 Å². The lowest BCUT2D eigenvalue weighted by molar-refractivity contribution is -0.141. The van der Waals surface area contributed by atoms with Gasteiger partial charge in [-0.2, -0.15) is 0 Å². The van der Waals surface area contributed by atoms with Crippen LogP contribution < -0.4 is 5.73 Å². The van der Waals surface area contributed by atoms with Crippen molar-refractivity contribution in [1.82, 2.24) is 4.90 Å². The molecule has 1 fully saturated rings. The summed E-state index contributed by atoms with van der Waals surface area (Å²) in [6.45, 7) is 0.325. The Morgan fingerprint density at radius 1 is 1.41 bits per heavy atom. The molecule has 1 aliphatic heterocycles. The first-order valence-corrected chi connectivity index (χ1v) is 5.77. The van der Waals surface area contributed by atoms with Crippen LogP contribution >= 0.6 is 11.6 Å². The average molecular weight is 253 g/mol. The van der Waals surface area contributed by atoms with Crippen LogP contribution in [0.4, 0.5) is 0 Å². The molecule has 17 heavy (non-hydrogen) atoms. The summed E-state index contributed by atoms with van der Waals surface area (Å²) in [5.41, 5.74) is 6.47. The predicted molar refractivity (Wildman–Crippen MR) is 64.5 cm³/mol. The molecule has 1 saturated heterocycles. The van der Waals surface area contributed by atoms with Crippen LogP contribution in [0.25, 0.3) is 0 Å². The molecule has 0 spiro atoms. The van der Waals surface area contributed by atoms with E-state index in [4.69, 9.17) is 17.3 Å². The molecule has 1 aliphatic rings. The van der Waals surface area contributed by atoms with E-state index in [0.717, 1.165) is 5.56 Å². The van der Waals surface area contributed by atoms with Gasteiger partial charge < -0.3 is 5.73 Å². The standard InChI is InChI=1S/C12H13ClN2O2/c13-9-3-1-8(2-4-9)5-11(16)15-7-10(14)6-12(15)17/h1-4,10H,5-7,14H2. The summed E-state index contributed by atoms with van der Waals surface area (Å²) in [4.78, 5) is 24.6. The van der Waals surface area contributed by atoms with Crippen LogP contribution in [0.3, 0.4) is 0 Å². The second kappa shape index (κ2) is 4.85. The van der Waals surface area contributed by atoms with Crippen LogP contribution in [-0.4, -0.2) is 29.3 Å². The maximum absolute atomic E-state index is 11.9. The Morgan fingerprint density at radius 3 is 2.59 bits per heavy atom. The second-order valence-corrected chi connectivity index (χ2v) is 4.60. The lowest BCUT2D eigenvalue weighted by Gasteiger charge is -2.13. The maximum atomic E-state index is 11.9. The van der Waals surface area contributed by atoms with Gasteiger partial charge in [-0.25, -0.2) is 0 Å². The smallest absolute Gasteiger partial charge is 0.233 e. The minimum atomic E-state index is -0.225. The minimum Gasteiger partial charge on any atom is -0.326 e. The number of halogens is 1. The molecule has 5 heteroatoms. The maximum Gasteiger partial charge on any atom is 0.233 e. The Balaban J connectivity index is 2.02. The van der Waals surface area contributed by atoms with Crippen molar-refractivity contribution in [2.75, 3.05) is 6.54 Å². The number of imide groups is 1. The molecule has 2 N–H and O–H groups in total. The van der Waals surface area contributed by atoms with E-state index in [2.05, 4.69) is 0 Å². The molecule has 1 aromatic rings. The zero-order valence-corrected chi connectivity index (χ0v) is 9.98. The molecule has 4 nitrogen and oxygen atoms in total. The van der Waals surface area contributed by atoms with Gasteiger partial charge in [0.2, 0.25) is 11.8 Å². The molecule has 1 unspecified atom stereocenters. The van der Waals surface area contributed by atoms with Crippen LogP contribution in [0.5, 0.6) is 0 Å². The highest BCUT2D eigenvalue weighted by Crippen LogP contribution is 2.14. The highest BCUT2D eigenvalue weighted by Gasteiger charge is 2.31. The van der Waals surface area contributed by atoms with E-state index in [-0.39, 0.29) is 30.7 Å². The molecule has 0 aromatic heterocycles. The Kier molecular flexibility index (Phi) is 3.45. The number of hydrogen-bond donors (Lipinski definition) is 1. The molecule has 90 valence electrons. The van der Waals surface area contributed by atoms with Crippen molar-refractivity contribution >= 4 is 23.4 Å². The first-order chi connectivity index (χ1) is 8.06. The molecular formula is C12H13ClN2O2. The molecule has 0 bridgehead atoms. The number of likely N-dealkylation sites (tertiary alicyclic amines) is 1. The van der Waals surface area contributed by atoms with Crippen LogP contribution in [0.1, 0.15) is 12.0 Å². The van der Waals surface area contributed by atoms with Crippen LogP contribution in [-0.2, 0) is 16.0 Å². The van der Waals surface area contributed by atoms with Crippen LogP contribution in [0.2, 0.25) is 5.02 Å². The molecule has 2 rings (SSSR count).